The van der Waals surface area contributed by atoms with Gasteiger partial charge in [0.2, 0.25) is 0 Å². The lowest BCUT2D eigenvalue weighted by atomic mass is 10.1. The summed E-state index contributed by atoms with van der Waals surface area (Å²) in [7, 11) is -3.70. The van der Waals surface area contributed by atoms with Gasteiger partial charge < -0.3 is 9.57 Å². The van der Waals surface area contributed by atoms with Crippen LogP contribution in [0, 0.1) is 12.8 Å². The van der Waals surface area contributed by atoms with Crippen LogP contribution in [0.25, 0.3) is 0 Å². The molecule has 0 aliphatic heterocycles. The normalized spacial score (nSPS) is 12.8. The molecule has 0 saturated heterocycles. The second kappa shape index (κ2) is 11.6. The van der Waals surface area contributed by atoms with Crippen LogP contribution in [0.15, 0.2) is 58.6 Å². The van der Waals surface area contributed by atoms with E-state index in [1.54, 1.807) is 30.5 Å². The van der Waals surface area contributed by atoms with Crippen LogP contribution < -0.4 is 4.74 Å². The minimum Gasteiger partial charge on any atom is -0.494 e. The van der Waals surface area contributed by atoms with Gasteiger partial charge in [-0.15, -0.1) is 0 Å². The van der Waals surface area contributed by atoms with Gasteiger partial charge in [0.15, 0.2) is 0 Å². The Morgan fingerprint density at radius 2 is 1.66 bits per heavy atom. The molecule has 0 spiro atoms. The van der Waals surface area contributed by atoms with Gasteiger partial charge in [0.05, 0.1) is 24.3 Å². The Balaban J connectivity index is 1.68. The largest absolute Gasteiger partial charge is 0.494 e. The molecule has 0 amide bonds. The molecule has 0 aliphatic rings. The zero-order valence-corrected chi connectivity index (χ0v) is 18.0. The molecule has 0 fully saturated rings. The van der Waals surface area contributed by atoms with Crippen molar-refractivity contribution in [1.29, 1.82) is 0 Å². The fourth-order valence-electron chi connectivity index (χ4n) is 2.48. The zero-order valence-electron chi connectivity index (χ0n) is 17.2. The third kappa shape index (κ3) is 8.25. The van der Waals surface area contributed by atoms with Crippen LogP contribution in [0.2, 0.25) is 0 Å². The Kier molecular flexibility index (Phi) is 9.15. The first-order valence-corrected chi connectivity index (χ1v) is 11.2. The van der Waals surface area contributed by atoms with Crippen molar-refractivity contribution in [3.8, 4) is 5.75 Å². The topological polar surface area (TPSA) is 74.2 Å². The van der Waals surface area contributed by atoms with Crippen molar-refractivity contribution in [2.24, 2.45) is 11.1 Å². The lowest BCUT2D eigenvalue weighted by molar-refractivity contribution is 0.160. The van der Waals surface area contributed by atoms with Crippen molar-refractivity contribution in [2.45, 2.75) is 38.5 Å². The van der Waals surface area contributed by atoms with Gasteiger partial charge in [0.25, 0.3) is 10.1 Å². The molecule has 0 aromatic heterocycles. The Labute approximate surface area is 173 Å². The molecule has 0 saturated carbocycles. The number of hydrogen-bond acceptors (Lipinski definition) is 6. The molecule has 2 rings (SSSR count). The SMILES string of the molecule is CCO/N=C/c1ccc(OCCC(C)CCOS(=O)(=O)c2ccc(C)cc2)cc1. The molecular weight excluding hydrogens is 390 g/mol. The van der Waals surface area contributed by atoms with Crippen LogP contribution in [0.4, 0.5) is 0 Å². The van der Waals surface area contributed by atoms with E-state index in [-0.39, 0.29) is 17.4 Å². The smallest absolute Gasteiger partial charge is 0.296 e. The molecule has 2 aromatic rings. The molecule has 2 aromatic carbocycles. The van der Waals surface area contributed by atoms with Gasteiger partial charge in [0, 0.05) is 0 Å². The lowest BCUT2D eigenvalue weighted by Gasteiger charge is -2.13. The Morgan fingerprint density at radius 3 is 2.31 bits per heavy atom. The van der Waals surface area contributed by atoms with Crippen molar-refractivity contribution in [1.82, 2.24) is 0 Å². The summed E-state index contributed by atoms with van der Waals surface area (Å²) in [4.78, 5) is 5.12. The maximum atomic E-state index is 12.2. The minimum absolute atomic E-state index is 0.158. The number of aryl methyl sites for hydroxylation is 1. The van der Waals surface area contributed by atoms with Crippen LogP contribution >= 0.6 is 0 Å². The molecule has 0 heterocycles. The van der Waals surface area contributed by atoms with Gasteiger partial charge in [0.1, 0.15) is 12.4 Å². The molecule has 0 bridgehead atoms. The van der Waals surface area contributed by atoms with Crippen molar-refractivity contribution in [2.75, 3.05) is 19.8 Å². The molecule has 0 radical (unpaired) electrons. The lowest BCUT2D eigenvalue weighted by Crippen LogP contribution is -2.11. The van der Waals surface area contributed by atoms with Crippen molar-refractivity contribution in [3.63, 3.8) is 0 Å². The van der Waals surface area contributed by atoms with Crippen molar-refractivity contribution < 1.29 is 22.2 Å². The van der Waals surface area contributed by atoms with Crippen molar-refractivity contribution >= 4 is 16.3 Å². The first-order valence-electron chi connectivity index (χ1n) is 9.75. The number of ether oxygens (including phenoxy) is 1. The first kappa shape index (κ1) is 22.9. The van der Waals surface area contributed by atoms with E-state index in [1.165, 1.54) is 0 Å². The summed E-state index contributed by atoms with van der Waals surface area (Å²) in [5, 5.41) is 3.82. The maximum Gasteiger partial charge on any atom is 0.296 e. The summed E-state index contributed by atoms with van der Waals surface area (Å²) in [6.45, 7) is 7.09. The van der Waals surface area contributed by atoms with E-state index in [1.807, 2.05) is 38.1 Å². The predicted octanol–water partition coefficient (Wildman–Crippen LogP) is 4.57. The summed E-state index contributed by atoms with van der Waals surface area (Å²) < 4.78 is 35.2. The molecule has 6 nitrogen and oxygen atoms in total. The van der Waals surface area contributed by atoms with E-state index in [0.717, 1.165) is 23.3 Å². The van der Waals surface area contributed by atoms with E-state index in [0.29, 0.717) is 19.6 Å². The number of benzene rings is 2. The van der Waals surface area contributed by atoms with Crippen LogP contribution in [0.5, 0.6) is 5.75 Å². The molecule has 0 N–H and O–H groups in total. The van der Waals surface area contributed by atoms with E-state index in [4.69, 9.17) is 13.8 Å². The van der Waals surface area contributed by atoms with Crippen LogP contribution in [0.1, 0.15) is 37.8 Å². The van der Waals surface area contributed by atoms with Gasteiger partial charge in [-0.3, -0.25) is 4.18 Å². The number of nitrogens with zero attached hydrogens (tertiary/aromatic N) is 1. The standard InChI is InChI=1S/C22H29NO5S/c1-4-27-23-17-20-7-9-21(10-8-20)26-15-13-19(3)14-16-28-29(24,25)22-11-5-18(2)6-12-22/h5-12,17,19H,4,13-16H2,1-3H3/b23-17+. The van der Waals surface area contributed by atoms with Crippen LogP contribution in [0.3, 0.4) is 0 Å². The number of rotatable bonds is 12. The van der Waals surface area contributed by atoms with Gasteiger partial charge in [-0.05, 0) is 74.6 Å². The zero-order chi connectivity index (χ0) is 21.1. The van der Waals surface area contributed by atoms with E-state index >= 15 is 0 Å². The van der Waals surface area contributed by atoms with E-state index in [9.17, 15) is 8.42 Å². The van der Waals surface area contributed by atoms with Gasteiger partial charge >= 0.3 is 0 Å². The number of oxime groups is 1. The average Bonchev–Trinajstić information content (AvgIpc) is 2.69. The van der Waals surface area contributed by atoms with E-state index in [2.05, 4.69) is 12.1 Å². The fraction of sp³-hybridized carbons (Fsp3) is 0.409. The van der Waals surface area contributed by atoms with Gasteiger partial charge in [-0.1, -0.05) is 29.8 Å². The highest BCUT2D eigenvalue weighted by Gasteiger charge is 2.15. The molecular formula is C22H29NO5S. The Hall–Kier alpha value is -2.38. The second-order valence-corrected chi connectivity index (χ2v) is 8.46. The van der Waals surface area contributed by atoms with Crippen LogP contribution in [-0.2, 0) is 19.1 Å². The monoisotopic (exact) mass is 419 g/mol. The minimum atomic E-state index is -3.70. The summed E-state index contributed by atoms with van der Waals surface area (Å²) in [5.41, 5.74) is 1.94. The van der Waals surface area contributed by atoms with Crippen LogP contribution in [-0.4, -0.2) is 34.5 Å². The Bertz CT molecular complexity index is 861. The maximum absolute atomic E-state index is 12.2. The molecule has 7 heteroatoms. The summed E-state index contributed by atoms with van der Waals surface area (Å²) in [5.74, 6) is 1.06. The molecule has 1 atom stereocenters. The Morgan fingerprint density at radius 1 is 1.00 bits per heavy atom. The molecule has 158 valence electrons. The van der Waals surface area contributed by atoms with Gasteiger partial charge in [-0.2, -0.15) is 8.42 Å². The molecule has 0 aliphatic carbocycles. The molecule has 1 unspecified atom stereocenters. The summed E-state index contributed by atoms with van der Waals surface area (Å²) in [6, 6.07) is 14.2. The third-order valence-corrected chi connectivity index (χ3v) is 5.65. The third-order valence-electron chi connectivity index (χ3n) is 4.32. The first-order chi connectivity index (χ1) is 13.9. The highest BCUT2D eigenvalue weighted by Crippen LogP contribution is 2.17. The van der Waals surface area contributed by atoms with Gasteiger partial charge in [-0.25, -0.2) is 0 Å². The second-order valence-electron chi connectivity index (χ2n) is 6.84. The number of hydrogen-bond donors (Lipinski definition) is 0. The van der Waals surface area contributed by atoms with E-state index < -0.39 is 10.1 Å². The molecule has 29 heavy (non-hydrogen) atoms. The fourth-order valence-corrected chi connectivity index (χ4v) is 3.40. The highest BCUT2D eigenvalue weighted by molar-refractivity contribution is 7.86. The quantitative estimate of drug-likeness (QED) is 0.286. The summed E-state index contributed by atoms with van der Waals surface area (Å²) >= 11 is 0. The summed E-state index contributed by atoms with van der Waals surface area (Å²) in [6.07, 6.45) is 3.10. The van der Waals surface area contributed by atoms with Crippen molar-refractivity contribution in [3.05, 3.63) is 59.7 Å². The average molecular weight is 420 g/mol. The highest BCUT2D eigenvalue weighted by atomic mass is 32.2. The predicted molar refractivity (Wildman–Crippen MR) is 114 cm³/mol.